The number of carbonyl (C=O) groups is 1. The van der Waals surface area contributed by atoms with E-state index in [0.717, 1.165) is 5.56 Å². The first-order valence-corrected chi connectivity index (χ1v) is 4.86. The number of hydrogen-bond acceptors (Lipinski definition) is 4. The van der Waals surface area contributed by atoms with E-state index in [9.17, 15) is 9.90 Å². The van der Waals surface area contributed by atoms with Gasteiger partial charge in [0.1, 0.15) is 11.4 Å². The summed E-state index contributed by atoms with van der Waals surface area (Å²) in [5.74, 6) is -0.152. The molecule has 17 heavy (non-hydrogen) atoms. The molecule has 0 bridgehead atoms. The van der Waals surface area contributed by atoms with Gasteiger partial charge in [-0.1, -0.05) is 6.58 Å². The molecule has 6 heteroatoms. The Hall–Kier alpha value is -2.50. The van der Waals surface area contributed by atoms with Crippen LogP contribution in [0.2, 0.25) is 0 Å². The van der Waals surface area contributed by atoms with Gasteiger partial charge in [-0.2, -0.15) is 0 Å². The smallest absolute Gasteiger partial charge is 0.277 e. The van der Waals surface area contributed by atoms with Gasteiger partial charge in [0.05, 0.1) is 5.69 Å². The predicted molar refractivity (Wildman–Crippen MR) is 62.1 cm³/mol. The van der Waals surface area contributed by atoms with E-state index in [0.29, 0.717) is 5.69 Å². The number of amides is 1. The number of azo groups is 1. The molecule has 0 unspecified atom stereocenters. The predicted octanol–water partition coefficient (Wildman–Crippen LogP) is 1.78. The molecule has 0 saturated heterocycles. The lowest BCUT2D eigenvalue weighted by atomic mass is 10.2. The number of benzene rings is 1. The Morgan fingerprint density at radius 1 is 1.41 bits per heavy atom. The van der Waals surface area contributed by atoms with Crippen LogP contribution in [-0.2, 0) is 4.79 Å². The molecule has 2 N–H and O–H groups in total. The van der Waals surface area contributed by atoms with Crippen LogP contribution in [0.5, 0.6) is 5.75 Å². The maximum Gasteiger partial charge on any atom is 0.277 e. The molecule has 6 nitrogen and oxygen atoms in total. The zero-order valence-corrected chi connectivity index (χ0v) is 9.14. The fourth-order valence-electron chi connectivity index (χ4n) is 1.28. The van der Waals surface area contributed by atoms with Crippen molar-refractivity contribution in [3.8, 4) is 5.75 Å². The summed E-state index contributed by atoms with van der Waals surface area (Å²) in [5, 5.41) is 19.0. The summed E-state index contributed by atoms with van der Waals surface area (Å²) >= 11 is 0. The Morgan fingerprint density at radius 3 is 2.82 bits per heavy atom. The number of phenolic OH excluding ortho intramolecular Hbond substituents is 1. The van der Waals surface area contributed by atoms with E-state index in [1.54, 1.807) is 19.1 Å². The summed E-state index contributed by atoms with van der Waals surface area (Å²) in [6, 6.07) is 4.70. The molecule has 86 valence electrons. The standard InChI is InChI=1S/C11H10N4O2/c1-6-5-8(16)3-4-9(6)12-11-13-10(17)7(2)14-15-11/h3-5,16H,2H2,1H3,(H,12,13,17). The van der Waals surface area contributed by atoms with Crippen LogP contribution in [-0.4, -0.2) is 17.0 Å². The van der Waals surface area contributed by atoms with Gasteiger partial charge in [-0.25, -0.2) is 4.99 Å². The van der Waals surface area contributed by atoms with Gasteiger partial charge in [-0.15, -0.1) is 10.2 Å². The minimum absolute atomic E-state index is 0.0476. The summed E-state index contributed by atoms with van der Waals surface area (Å²) in [6.45, 7) is 5.20. The van der Waals surface area contributed by atoms with Gasteiger partial charge < -0.3 is 5.11 Å². The first-order chi connectivity index (χ1) is 8.06. The summed E-state index contributed by atoms with van der Waals surface area (Å²) in [6.07, 6.45) is 0. The molecule has 1 aliphatic rings. The highest BCUT2D eigenvalue weighted by atomic mass is 16.3. The third kappa shape index (κ3) is 2.36. The quantitative estimate of drug-likeness (QED) is 0.720. The van der Waals surface area contributed by atoms with Crippen molar-refractivity contribution in [2.75, 3.05) is 0 Å². The van der Waals surface area contributed by atoms with Gasteiger partial charge in [0.15, 0.2) is 0 Å². The molecule has 1 aromatic carbocycles. The number of phenols is 1. The van der Waals surface area contributed by atoms with E-state index in [4.69, 9.17) is 0 Å². The molecule has 0 spiro atoms. The number of aryl methyl sites for hydroxylation is 1. The Balaban J connectivity index is 2.34. The van der Waals surface area contributed by atoms with E-state index >= 15 is 0 Å². The van der Waals surface area contributed by atoms with Crippen molar-refractivity contribution in [2.24, 2.45) is 15.2 Å². The van der Waals surface area contributed by atoms with Crippen molar-refractivity contribution >= 4 is 17.6 Å². The van der Waals surface area contributed by atoms with E-state index in [1.165, 1.54) is 6.07 Å². The van der Waals surface area contributed by atoms with E-state index < -0.39 is 5.91 Å². The number of guanidine groups is 1. The highest BCUT2D eigenvalue weighted by Crippen LogP contribution is 2.23. The average molecular weight is 230 g/mol. The molecule has 1 aliphatic heterocycles. The van der Waals surface area contributed by atoms with Crippen LogP contribution in [0.15, 0.2) is 45.7 Å². The van der Waals surface area contributed by atoms with Crippen molar-refractivity contribution in [2.45, 2.75) is 6.92 Å². The number of nitrogens with zero attached hydrogens (tertiary/aromatic N) is 3. The summed E-state index contributed by atoms with van der Waals surface area (Å²) < 4.78 is 0. The number of hydrogen-bond donors (Lipinski definition) is 2. The number of aliphatic imine (C=N–C) groups is 1. The van der Waals surface area contributed by atoms with Crippen LogP contribution in [0.4, 0.5) is 5.69 Å². The van der Waals surface area contributed by atoms with E-state index in [2.05, 4.69) is 27.1 Å². The number of rotatable bonds is 1. The summed E-state index contributed by atoms with van der Waals surface area (Å²) in [7, 11) is 0. The van der Waals surface area contributed by atoms with Crippen LogP contribution < -0.4 is 5.32 Å². The van der Waals surface area contributed by atoms with Crippen molar-refractivity contribution in [1.29, 1.82) is 0 Å². The Morgan fingerprint density at radius 2 is 2.18 bits per heavy atom. The molecule has 0 radical (unpaired) electrons. The molecule has 0 fully saturated rings. The summed E-state index contributed by atoms with van der Waals surface area (Å²) in [4.78, 5) is 15.4. The highest BCUT2D eigenvalue weighted by Gasteiger charge is 2.14. The van der Waals surface area contributed by atoms with E-state index in [1.807, 2.05) is 0 Å². The molecule has 2 rings (SSSR count). The lowest BCUT2D eigenvalue weighted by Crippen LogP contribution is -2.32. The molecular weight excluding hydrogens is 220 g/mol. The van der Waals surface area contributed by atoms with Crippen molar-refractivity contribution in [3.05, 3.63) is 36.0 Å². The van der Waals surface area contributed by atoms with Crippen LogP contribution in [0, 0.1) is 6.92 Å². The van der Waals surface area contributed by atoms with Crippen molar-refractivity contribution in [3.63, 3.8) is 0 Å². The van der Waals surface area contributed by atoms with Gasteiger partial charge in [0.25, 0.3) is 5.91 Å². The molecule has 1 amide bonds. The largest absolute Gasteiger partial charge is 0.508 e. The average Bonchev–Trinajstić information content (AvgIpc) is 2.27. The van der Waals surface area contributed by atoms with Gasteiger partial charge >= 0.3 is 0 Å². The van der Waals surface area contributed by atoms with Gasteiger partial charge in [0, 0.05) is 0 Å². The zero-order valence-electron chi connectivity index (χ0n) is 9.14. The minimum atomic E-state index is -0.421. The minimum Gasteiger partial charge on any atom is -0.508 e. The number of nitrogens with one attached hydrogen (secondary N) is 1. The summed E-state index contributed by atoms with van der Waals surface area (Å²) in [5.41, 5.74) is 1.42. The van der Waals surface area contributed by atoms with Crippen LogP contribution >= 0.6 is 0 Å². The number of carbonyl (C=O) groups excluding carboxylic acids is 1. The third-order valence-corrected chi connectivity index (χ3v) is 2.16. The Kier molecular flexibility index (Phi) is 2.70. The molecule has 0 saturated carbocycles. The molecule has 0 atom stereocenters. The van der Waals surface area contributed by atoms with Gasteiger partial charge in [0.2, 0.25) is 5.96 Å². The van der Waals surface area contributed by atoms with Gasteiger partial charge in [-0.05, 0) is 30.7 Å². The molecule has 1 aromatic rings. The van der Waals surface area contributed by atoms with Crippen molar-refractivity contribution in [1.82, 2.24) is 5.32 Å². The third-order valence-electron chi connectivity index (χ3n) is 2.16. The second kappa shape index (κ2) is 4.17. The Labute approximate surface area is 97.4 Å². The first-order valence-electron chi connectivity index (χ1n) is 4.86. The lowest BCUT2D eigenvalue weighted by Gasteiger charge is -2.08. The fraction of sp³-hybridized carbons (Fsp3) is 0.0909. The second-order valence-electron chi connectivity index (χ2n) is 3.51. The maximum absolute atomic E-state index is 11.2. The topological polar surface area (TPSA) is 86.4 Å². The number of aromatic hydroxyl groups is 1. The van der Waals surface area contributed by atoms with Crippen LogP contribution in [0.3, 0.4) is 0 Å². The lowest BCUT2D eigenvalue weighted by molar-refractivity contribution is -0.116. The first kappa shape index (κ1) is 11.0. The van der Waals surface area contributed by atoms with Crippen molar-refractivity contribution < 1.29 is 9.90 Å². The highest BCUT2D eigenvalue weighted by molar-refractivity contribution is 6.07. The van der Waals surface area contributed by atoms with Crippen LogP contribution in [0.1, 0.15) is 5.56 Å². The second-order valence-corrected chi connectivity index (χ2v) is 3.51. The fourth-order valence-corrected chi connectivity index (χ4v) is 1.28. The molecule has 0 aromatic heterocycles. The SMILES string of the molecule is C=C1N=NC(=Nc2ccc(O)cc2C)NC1=O. The molecule has 1 heterocycles. The molecule has 0 aliphatic carbocycles. The van der Waals surface area contributed by atoms with Crippen LogP contribution in [0.25, 0.3) is 0 Å². The maximum atomic E-state index is 11.2. The zero-order chi connectivity index (χ0) is 12.4. The van der Waals surface area contributed by atoms with E-state index in [-0.39, 0.29) is 17.4 Å². The Bertz CT molecular complexity index is 561. The van der Waals surface area contributed by atoms with Gasteiger partial charge in [-0.3, -0.25) is 10.1 Å². The normalized spacial score (nSPS) is 17.4. The molecular formula is C11H10N4O2. The monoisotopic (exact) mass is 230 g/mol.